The van der Waals surface area contributed by atoms with Crippen molar-refractivity contribution in [2.45, 2.75) is 41.5 Å². The number of hydrogen-bond acceptors (Lipinski definition) is 21. The van der Waals surface area contributed by atoms with Crippen LogP contribution in [0.4, 0.5) is 0 Å². The minimum atomic E-state index is -1.66. The van der Waals surface area contributed by atoms with Crippen molar-refractivity contribution in [1.82, 2.24) is 35.1 Å². The second-order valence-electron chi connectivity index (χ2n) is 15.8. The Kier molecular flexibility index (Phi) is 28.3. The van der Waals surface area contributed by atoms with Gasteiger partial charge in [-0.15, -0.1) is 0 Å². The summed E-state index contributed by atoms with van der Waals surface area (Å²) in [4.78, 5) is 34.4. The van der Waals surface area contributed by atoms with E-state index in [1.807, 2.05) is 35.2 Å². The molecule has 0 aliphatic rings. The van der Waals surface area contributed by atoms with Crippen molar-refractivity contribution in [2.75, 3.05) is 158 Å². The second kappa shape index (κ2) is 30.5. The van der Waals surface area contributed by atoms with Crippen molar-refractivity contribution >= 4 is 11.8 Å². The van der Waals surface area contributed by atoms with Crippen molar-refractivity contribution in [3.8, 4) is 0 Å². The minimum absolute atomic E-state index is 0.0489. The highest BCUT2D eigenvalue weighted by Crippen LogP contribution is 2.16. The first-order valence-electron chi connectivity index (χ1n) is 20.6. The summed E-state index contributed by atoms with van der Waals surface area (Å²) in [6.07, 6.45) is -0.332. The monoisotopic (exact) mass is 898 g/mol. The zero-order chi connectivity index (χ0) is 46.7. The molecular formula is C39H75N7O16. The summed E-state index contributed by atoms with van der Waals surface area (Å²) in [5, 5.41) is 144. The molecule has 0 spiro atoms. The van der Waals surface area contributed by atoms with Gasteiger partial charge in [-0.2, -0.15) is 0 Å². The number of rotatable bonds is 38. The average Bonchev–Trinajstić information content (AvgIpc) is 3.31. The van der Waals surface area contributed by atoms with Gasteiger partial charge in [0.1, 0.15) is 11.1 Å². The maximum atomic E-state index is 13.0. The number of hydrogen-bond donors (Lipinski definition) is 16. The average molecular weight is 898 g/mol. The normalized spacial score (nSPS) is 13.0. The Bertz CT molecular complexity index is 1220. The standard InChI is InChI=1S/C39H75N7O16/c47-19-36(20-48,21-49)40-34(61)6-8-42(9-7-35(62)41-37(22-50,23-51)24-52)10-12-44(18-33-4-2-1-3-5-33)13-11-43(14-16-45(31-59)38(25-53,26-54)27-55)15-17-46(32-60)39(28-56,29-57)30-58/h1-5,47-60H,6-32H2,(H,40,61)(H,41,62). The number of aliphatic hydroxyl groups is 14. The van der Waals surface area contributed by atoms with Gasteiger partial charge in [-0.05, 0) is 5.56 Å². The Hall–Kier alpha value is -2.60. The van der Waals surface area contributed by atoms with E-state index < -0.39 is 127 Å². The summed E-state index contributed by atoms with van der Waals surface area (Å²) in [6.45, 7) is -7.18. The van der Waals surface area contributed by atoms with Gasteiger partial charge in [-0.1, -0.05) is 30.3 Å². The van der Waals surface area contributed by atoms with Crippen LogP contribution in [0.2, 0.25) is 0 Å². The summed E-state index contributed by atoms with van der Waals surface area (Å²) >= 11 is 0. The highest BCUT2D eigenvalue weighted by Gasteiger charge is 2.37. The van der Waals surface area contributed by atoms with E-state index in [0.29, 0.717) is 26.2 Å². The van der Waals surface area contributed by atoms with Crippen LogP contribution in [0.25, 0.3) is 0 Å². The molecule has 23 heteroatoms. The Balaban J connectivity index is 3.46. The molecule has 0 aliphatic carbocycles. The number of aliphatic hydroxyl groups excluding tert-OH is 14. The van der Waals surface area contributed by atoms with Gasteiger partial charge in [0, 0.05) is 84.8 Å². The fraction of sp³-hybridized carbons (Fsp3) is 0.795. The number of nitrogens with zero attached hydrogens (tertiary/aromatic N) is 5. The fourth-order valence-electron chi connectivity index (χ4n) is 6.46. The third kappa shape index (κ3) is 17.8. The molecule has 0 heterocycles. The van der Waals surface area contributed by atoms with Crippen molar-refractivity contribution in [3.05, 3.63) is 35.9 Å². The van der Waals surface area contributed by atoms with Crippen LogP contribution in [0.1, 0.15) is 18.4 Å². The lowest BCUT2D eigenvalue weighted by Crippen LogP contribution is -2.60. The largest absolute Gasteiger partial charge is 0.394 e. The van der Waals surface area contributed by atoms with Crippen LogP contribution in [0, 0.1) is 0 Å². The van der Waals surface area contributed by atoms with Gasteiger partial charge in [0.15, 0.2) is 0 Å². The lowest BCUT2D eigenvalue weighted by atomic mass is 10.0. The molecule has 23 nitrogen and oxygen atoms in total. The molecule has 0 saturated carbocycles. The Morgan fingerprint density at radius 2 is 0.710 bits per heavy atom. The van der Waals surface area contributed by atoms with E-state index in [9.17, 15) is 81.1 Å². The van der Waals surface area contributed by atoms with Gasteiger partial charge >= 0.3 is 0 Å². The van der Waals surface area contributed by atoms with Crippen molar-refractivity contribution in [3.63, 3.8) is 0 Å². The van der Waals surface area contributed by atoms with Gasteiger partial charge in [0.25, 0.3) is 0 Å². The van der Waals surface area contributed by atoms with Crippen LogP contribution >= 0.6 is 0 Å². The molecule has 0 radical (unpaired) electrons. The predicted molar refractivity (Wildman–Crippen MR) is 224 cm³/mol. The highest BCUT2D eigenvalue weighted by atomic mass is 16.3. The SMILES string of the molecule is O=C(CCN(CCC(=O)NC(CO)(CO)CO)CCN(CCN(CCN(CO)C(CO)(CO)CO)CCN(CO)C(CO)(CO)CO)Cc1ccccc1)NC(CO)(CO)CO. The molecule has 1 aromatic rings. The van der Waals surface area contributed by atoms with Gasteiger partial charge in [0.2, 0.25) is 11.8 Å². The molecular weight excluding hydrogens is 822 g/mol. The summed E-state index contributed by atoms with van der Waals surface area (Å²) < 4.78 is 0. The maximum absolute atomic E-state index is 13.0. The van der Waals surface area contributed by atoms with Gasteiger partial charge < -0.3 is 87.0 Å². The zero-order valence-corrected chi connectivity index (χ0v) is 35.8. The van der Waals surface area contributed by atoms with Crippen LogP contribution in [0.15, 0.2) is 30.3 Å². The molecule has 362 valence electrons. The highest BCUT2D eigenvalue weighted by molar-refractivity contribution is 5.77. The smallest absolute Gasteiger partial charge is 0.221 e. The van der Waals surface area contributed by atoms with Crippen LogP contribution in [0.5, 0.6) is 0 Å². The molecule has 0 saturated heterocycles. The first kappa shape index (κ1) is 57.4. The molecule has 0 bridgehead atoms. The fourth-order valence-corrected chi connectivity index (χ4v) is 6.46. The van der Waals surface area contributed by atoms with E-state index in [1.54, 1.807) is 4.90 Å². The van der Waals surface area contributed by atoms with Crippen molar-refractivity contribution in [1.29, 1.82) is 0 Å². The molecule has 0 unspecified atom stereocenters. The third-order valence-electron chi connectivity index (χ3n) is 11.5. The first-order chi connectivity index (χ1) is 29.7. The van der Waals surface area contributed by atoms with Gasteiger partial charge in [-0.25, -0.2) is 0 Å². The number of nitrogens with one attached hydrogen (secondary N) is 2. The van der Waals surface area contributed by atoms with Crippen LogP contribution < -0.4 is 10.6 Å². The topological polar surface area (TPSA) is 358 Å². The molecule has 62 heavy (non-hydrogen) atoms. The number of benzene rings is 1. The van der Waals surface area contributed by atoms with Gasteiger partial charge in [-0.3, -0.25) is 29.2 Å². The Morgan fingerprint density at radius 3 is 1.02 bits per heavy atom. The molecule has 2 amide bonds. The van der Waals surface area contributed by atoms with E-state index in [2.05, 4.69) is 15.5 Å². The van der Waals surface area contributed by atoms with Crippen molar-refractivity contribution < 1.29 is 81.1 Å². The predicted octanol–water partition coefficient (Wildman–Crippen LogP) is -8.53. The van der Waals surface area contributed by atoms with Crippen LogP contribution in [0.3, 0.4) is 0 Å². The summed E-state index contributed by atoms with van der Waals surface area (Å²) in [6, 6.07) is 9.47. The Morgan fingerprint density at radius 1 is 0.403 bits per heavy atom. The Labute approximate surface area is 363 Å². The van der Waals surface area contributed by atoms with E-state index in [0.717, 1.165) is 5.56 Å². The number of carbonyl (C=O) groups is 2. The molecule has 16 N–H and O–H groups in total. The molecule has 0 atom stereocenters. The van der Waals surface area contributed by atoms with Crippen molar-refractivity contribution in [2.24, 2.45) is 0 Å². The molecule has 1 rings (SSSR count). The number of amides is 2. The van der Waals surface area contributed by atoms with E-state index in [-0.39, 0.29) is 58.7 Å². The lowest BCUT2D eigenvalue weighted by molar-refractivity contribution is -0.125. The van der Waals surface area contributed by atoms with E-state index in [1.165, 1.54) is 9.80 Å². The van der Waals surface area contributed by atoms with E-state index >= 15 is 0 Å². The molecule has 1 aromatic carbocycles. The van der Waals surface area contributed by atoms with Gasteiger partial charge in [0.05, 0.1) is 104 Å². The summed E-state index contributed by atoms with van der Waals surface area (Å²) in [5.41, 5.74) is -5.45. The zero-order valence-electron chi connectivity index (χ0n) is 35.8. The second-order valence-corrected chi connectivity index (χ2v) is 15.8. The molecule has 0 fully saturated rings. The molecule has 0 aliphatic heterocycles. The minimum Gasteiger partial charge on any atom is -0.394 e. The lowest BCUT2D eigenvalue weighted by Gasteiger charge is -2.41. The molecule has 0 aromatic heterocycles. The first-order valence-corrected chi connectivity index (χ1v) is 20.6. The third-order valence-corrected chi connectivity index (χ3v) is 11.5. The van der Waals surface area contributed by atoms with Crippen LogP contribution in [-0.2, 0) is 16.1 Å². The van der Waals surface area contributed by atoms with E-state index in [4.69, 9.17) is 0 Å². The summed E-state index contributed by atoms with van der Waals surface area (Å²) in [5.74, 6) is -1.19. The number of carbonyl (C=O) groups excluding carboxylic acids is 2. The maximum Gasteiger partial charge on any atom is 0.221 e. The van der Waals surface area contributed by atoms with Crippen LogP contribution in [-0.4, -0.2) is 288 Å². The quantitative estimate of drug-likeness (QED) is 0.0274. The summed E-state index contributed by atoms with van der Waals surface area (Å²) in [7, 11) is 0.